The maximum absolute atomic E-state index is 13.6. The highest BCUT2D eigenvalue weighted by molar-refractivity contribution is 7.80. The van der Waals surface area contributed by atoms with Crippen molar-refractivity contribution in [2.45, 2.75) is 58.3 Å². The second-order valence-electron chi connectivity index (χ2n) is 10.1. The number of nitrogens with one attached hydrogen (secondary N) is 2. The van der Waals surface area contributed by atoms with Gasteiger partial charge in [-0.05, 0) is 42.5 Å². The summed E-state index contributed by atoms with van der Waals surface area (Å²) >= 11 is 5.54. The fourth-order valence-electron chi connectivity index (χ4n) is 4.64. The molecule has 1 aliphatic rings. The van der Waals surface area contributed by atoms with E-state index in [1.807, 2.05) is 30.3 Å². The van der Waals surface area contributed by atoms with Crippen molar-refractivity contribution in [1.82, 2.24) is 15.3 Å². The van der Waals surface area contributed by atoms with Crippen molar-refractivity contribution in [3.8, 4) is 22.5 Å². The van der Waals surface area contributed by atoms with E-state index in [0.29, 0.717) is 17.0 Å². The Bertz CT molecular complexity index is 1590. The van der Waals surface area contributed by atoms with Crippen LogP contribution in [0.4, 0.5) is 10.3 Å². The molecule has 15 heteroatoms. The Morgan fingerprint density at radius 1 is 0.783 bits per heavy atom. The lowest BCUT2D eigenvalue weighted by Crippen LogP contribution is -2.66. The van der Waals surface area contributed by atoms with Gasteiger partial charge in [-0.15, -0.1) is 0 Å². The average molecular weight is 655 g/mol. The van der Waals surface area contributed by atoms with Crippen LogP contribution in [0.25, 0.3) is 22.5 Å². The predicted molar refractivity (Wildman–Crippen MR) is 164 cm³/mol. The quantitative estimate of drug-likeness (QED) is 0.196. The zero-order chi connectivity index (χ0) is 33.4. The van der Waals surface area contributed by atoms with Gasteiger partial charge in [0, 0.05) is 38.8 Å². The summed E-state index contributed by atoms with van der Waals surface area (Å²) in [4.78, 5) is 57.0. The lowest BCUT2D eigenvalue weighted by molar-refractivity contribution is -0.254. The largest absolute Gasteiger partial charge is 0.463 e. The van der Waals surface area contributed by atoms with Gasteiger partial charge in [0.1, 0.15) is 18.5 Å². The number of benzene rings is 2. The Labute approximate surface area is 268 Å². The molecule has 0 amide bonds. The van der Waals surface area contributed by atoms with Crippen LogP contribution in [-0.4, -0.2) is 76.2 Å². The van der Waals surface area contributed by atoms with E-state index in [1.54, 1.807) is 18.2 Å². The van der Waals surface area contributed by atoms with Gasteiger partial charge in [0.25, 0.3) is 0 Å². The Morgan fingerprint density at radius 3 is 1.89 bits per heavy atom. The molecule has 2 N–H and O–H groups in total. The number of carbonyl (C=O) groups is 4. The summed E-state index contributed by atoms with van der Waals surface area (Å²) in [5.41, 5.74) is 2.39. The summed E-state index contributed by atoms with van der Waals surface area (Å²) in [5, 5.41) is 5.65. The maximum Gasteiger partial charge on any atom is 0.303 e. The first kappa shape index (κ1) is 33.9. The molecule has 46 heavy (non-hydrogen) atoms. The van der Waals surface area contributed by atoms with Gasteiger partial charge in [-0.3, -0.25) is 19.2 Å². The van der Waals surface area contributed by atoms with Crippen molar-refractivity contribution < 1.29 is 47.3 Å². The molecular formula is C31H31FN4O9S. The van der Waals surface area contributed by atoms with Crippen molar-refractivity contribution >= 4 is 47.2 Å². The second-order valence-corrected chi connectivity index (χ2v) is 10.5. The molecule has 0 radical (unpaired) electrons. The summed E-state index contributed by atoms with van der Waals surface area (Å²) < 4.78 is 41.1. The topological polar surface area (TPSA) is 164 Å². The first-order valence-electron chi connectivity index (χ1n) is 14.0. The van der Waals surface area contributed by atoms with Crippen LogP contribution in [0.15, 0.2) is 60.7 Å². The molecule has 4 rings (SSSR count). The van der Waals surface area contributed by atoms with E-state index in [2.05, 4.69) is 20.6 Å². The first-order chi connectivity index (χ1) is 21.9. The van der Waals surface area contributed by atoms with Gasteiger partial charge in [-0.2, -0.15) is 0 Å². The summed E-state index contributed by atoms with van der Waals surface area (Å²) in [6, 6.07) is 16.8. The molecule has 1 saturated heterocycles. The second kappa shape index (κ2) is 15.3. The number of anilines is 1. The fraction of sp³-hybridized carbons (Fsp3) is 0.323. The summed E-state index contributed by atoms with van der Waals surface area (Å²) in [6.07, 6.45) is -6.58. The Hall–Kier alpha value is -5.02. The highest BCUT2D eigenvalue weighted by Crippen LogP contribution is 2.29. The fourth-order valence-corrected chi connectivity index (χ4v) is 4.85. The maximum atomic E-state index is 13.6. The molecule has 0 unspecified atom stereocenters. The van der Waals surface area contributed by atoms with Gasteiger partial charge in [0.2, 0.25) is 5.95 Å². The molecular weight excluding hydrogens is 623 g/mol. The number of nitrogens with zero attached hydrogens (tertiary/aromatic N) is 2. The molecule has 3 aromatic rings. The lowest BCUT2D eigenvalue weighted by Gasteiger charge is -2.44. The van der Waals surface area contributed by atoms with Gasteiger partial charge in [0.15, 0.2) is 29.7 Å². The SMILES string of the molecule is CC(=O)OC[C@H]1O[C@@H](NC(=S)Nc2nc(-c3ccccc3)cc(-c3ccc(F)cc3)n2)[C@H](OC(C)=O)[C@@H](OC(C)=O)[C@@H]1OC(C)=O. The third-order valence-electron chi connectivity index (χ3n) is 6.43. The highest BCUT2D eigenvalue weighted by atomic mass is 32.1. The Kier molecular flexibility index (Phi) is 11.3. The highest BCUT2D eigenvalue weighted by Gasteiger charge is 2.52. The van der Waals surface area contributed by atoms with E-state index in [1.165, 1.54) is 19.1 Å². The molecule has 1 fully saturated rings. The minimum absolute atomic E-state index is 0.0591. The van der Waals surface area contributed by atoms with E-state index in [9.17, 15) is 23.6 Å². The third-order valence-corrected chi connectivity index (χ3v) is 6.65. The number of hydrogen-bond acceptors (Lipinski definition) is 12. The number of ether oxygens (including phenoxy) is 5. The average Bonchev–Trinajstić information content (AvgIpc) is 2.99. The van der Waals surface area contributed by atoms with Crippen LogP contribution in [0, 0.1) is 5.82 Å². The monoisotopic (exact) mass is 654 g/mol. The van der Waals surface area contributed by atoms with E-state index in [4.69, 9.17) is 35.9 Å². The third kappa shape index (κ3) is 9.25. The Morgan fingerprint density at radius 2 is 1.33 bits per heavy atom. The minimum atomic E-state index is -1.39. The summed E-state index contributed by atoms with van der Waals surface area (Å²) in [7, 11) is 0. The van der Waals surface area contributed by atoms with Crippen LogP contribution < -0.4 is 10.6 Å². The number of rotatable bonds is 9. The number of carbonyl (C=O) groups excluding carboxylic acids is 4. The number of hydrogen-bond donors (Lipinski definition) is 2. The van der Waals surface area contributed by atoms with Crippen molar-refractivity contribution in [2.24, 2.45) is 0 Å². The van der Waals surface area contributed by atoms with E-state index in [-0.39, 0.29) is 11.1 Å². The first-order valence-corrected chi connectivity index (χ1v) is 14.4. The number of esters is 4. The molecule has 5 atom stereocenters. The van der Waals surface area contributed by atoms with Crippen LogP contribution >= 0.6 is 12.2 Å². The zero-order valence-corrected chi connectivity index (χ0v) is 26.0. The summed E-state index contributed by atoms with van der Waals surface area (Å²) in [5.74, 6) is -3.29. The molecule has 0 spiro atoms. The molecule has 1 aromatic heterocycles. The number of halogens is 1. The van der Waals surface area contributed by atoms with E-state index < -0.39 is 66.9 Å². The van der Waals surface area contributed by atoms with Crippen molar-refractivity contribution in [3.63, 3.8) is 0 Å². The van der Waals surface area contributed by atoms with Crippen molar-refractivity contribution in [1.29, 1.82) is 0 Å². The van der Waals surface area contributed by atoms with Gasteiger partial charge in [-0.1, -0.05) is 30.3 Å². The molecule has 242 valence electrons. The lowest BCUT2D eigenvalue weighted by atomic mass is 9.97. The minimum Gasteiger partial charge on any atom is -0.463 e. The van der Waals surface area contributed by atoms with Gasteiger partial charge >= 0.3 is 23.9 Å². The molecule has 13 nitrogen and oxygen atoms in total. The standard InChI is InChI=1S/C31H31FN4O9S/c1-16(37)41-15-25-26(42-17(2)38)27(43-18(3)39)28(44-19(4)40)29(45-25)35-31(46)36-30-33-23(20-8-6-5-7-9-20)14-24(34-30)21-10-12-22(32)13-11-21/h5-14,25-29H,15H2,1-4H3,(H2,33,34,35,36,46)/t25-,26-,27+,28-,29-/m1/s1. The van der Waals surface area contributed by atoms with Gasteiger partial charge < -0.3 is 34.3 Å². The molecule has 0 bridgehead atoms. The predicted octanol–water partition coefficient (Wildman–Crippen LogP) is 3.32. The van der Waals surface area contributed by atoms with Crippen LogP contribution in [-0.2, 0) is 42.9 Å². The van der Waals surface area contributed by atoms with E-state index >= 15 is 0 Å². The Balaban J connectivity index is 1.66. The van der Waals surface area contributed by atoms with Crippen LogP contribution in [0.3, 0.4) is 0 Å². The van der Waals surface area contributed by atoms with Crippen LogP contribution in [0.2, 0.25) is 0 Å². The van der Waals surface area contributed by atoms with Crippen molar-refractivity contribution in [3.05, 3.63) is 66.5 Å². The number of thiocarbonyl (C=S) groups is 1. The van der Waals surface area contributed by atoms with Crippen LogP contribution in [0.5, 0.6) is 0 Å². The smallest absolute Gasteiger partial charge is 0.303 e. The van der Waals surface area contributed by atoms with Gasteiger partial charge in [0.05, 0.1) is 11.4 Å². The molecule has 0 saturated carbocycles. The van der Waals surface area contributed by atoms with E-state index in [0.717, 1.165) is 26.3 Å². The molecule has 1 aliphatic heterocycles. The van der Waals surface area contributed by atoms with Crippen LogP contribution in [0.1, 0.15) is 27.7 Å². The van der Waals surface area contributed by atoms with Gasteiger partial charge in [-0.25, -0.2) is 14.4 Å². The molecule has 2 aromatic carbocycles. The summed E-state index contributed by atoms with van der Waals surface area (Å²) in [6.45, 7) is 4.15. The number of aromatic nitrogens is 2. The molecule has 0 aliphatic carbocycles. The van der Waals surface area contributed by atoms with Crippen molar-refractivity contribution in [2.75, 3.05) is 11.9 Å². The zero-order valence-electron chi connectivity index (χ0n) is 25.2. The molecule has 2 heterocycles. The normalized spacial score (nSPS) is 20.5.